The van der Waals surface area contributed by atoms with Crippen LogP contribution in [0.2, 0.25) is 0 Å². The second-order valence-electron chi connectivity index (χ2n) is 5.50. The lowest BCUT2D eigenvalue weighted by Gasteiger charge is -2.07. The van der Waals surface area contributed by atoms with Gasteiger partial charge in [-0.05, 0) is 54.7 Å². The molecule has 0 bridgehead atoms. The Morgan fingerprint density at radius 2 is 2.00 bits per heavy atom. The summed E-state index contributed by atoms with van der Waals surface area (Å²) in [6, 6.07) is 13.8. The number of nitrogens with zero attached hydrogens (tertiary/aromatic N) is 1. The SMILES string of the molecule is COc1ccc(CCCC(=O)N/N=C/c2ccc(Br)cc2)cc1C. The van der Waals surface area contributed by atoms with Crippen LogP contribution < -0.4 is 10.2 Å². The average Bonchev–Trinajstić information content (AvgIpc) is 2.57. The first-order valence-electron chi connectivity index (χ1n) is 7.79. The number of benzene rings is 2. The monoisotopic (exact) mass is 388 g/mol. The predicted octanol–water partition coefficient (Wildman–Crippen LogP) is 4.24. The minimum Gasteiger partial charge on any atom is -0.496 e. The van der Waals surface area contributed by atoms with Gasteiger partial charge in [-0.25, -0.2) is 5.43 Å². The van der Waals surface area contributed by atoms with E-state index < -0.39 is 0 Å². The highest BCUT2D eigenvalue weighted by Gasteiger charge is 2.03. The lowest BCUT2D eigenvalue weighted by atomic mass is 10.1. The Kier molecular flexibility index (Phi) is 7.00. The quantitative estimate of drug-likeness (QED) is 0.569. The van der Waals surface area contributed by atoms with Crippen molar-refractivity contribution in [3.63, 3.8) is 0 Å². The number of aryl methyl sites for hydroxylation is 2. The van der Waals surface area contributed by atoms with Crippen molar-refractivity contribution in [2.75, 3.05) is 7.11 Å². The van der Waals surface area contributed by atoms with Gasteiger partial charge in [0, 0.05) is 10.9 Å². The molecule has 0 aliphatic rings. The molecule has 0 fully saturated rings. The molecule has 0 heterocycles. The summed E-state index contributed by atoms with van der Waals surface area (Å²) in [4.78, 5) is 11.8. The molecule has 0 radical (unpaired) electrons. The fourth-order valence-electron chi connectivity index (χ4n) is 2.33. The number of hydrazone groups is 1. The molecule has 24 heavy (non-hydrogen) atoms. The third-order valence-electron chi connectivity index (χ3n) is 3.60. The molecule has 0 aliphatic carbocycles. The van der Waals surface area contributed by atoms with Gasteiger partial charge in [0.1, 0.15) is 5.75 Å². The number of methoxy groups -OCH3 is 1. The van der Waals surface area contributed by atoms with Crippen molar-refractivity contribution in [2.24, 2.45) is 5.10 Å². The van der Waals surface area contributed by atoms with E-state index in [0.29, 0.717) is 6.42 Å². The maximum atomic E-state index is 11.8. The second kappa shape index (κ2) is 9.23. The number of nitrogens with one attached hydrogen (secondary N) is 1. The number of rotatable bonds is 7. The van der Waals surface area contributed by atoms with Crippen LogP contribution in [0.15, 0.2) is 52.0 Å². The lowest BCUT2D eigenvalue weighted by molar-refractivity contribution is -0.121. The Balaban J connectivity index is 1.73. The molecule has 2 rings (SSSR count). The van der Waals surface area contributed by atoms with Gasteiger partial charge in [0.25, 0.3) is 0 Å². The maximum absolute atomic E-state index is 11.8. The van der Waals surface area contributed by atoms with E-state index in [9.17, 15) is 4.79 Å². The van der Waals surface area contributed by atoms with Crippen molar-refractivity contribution in [2.45, 2.75) is 26.2 Å². The van der Waals surface area contributed by atoms with E-state index in [1.54, 1.807) is 13.3 Å². The minimum absolute atomic E-state index is 0.0754. The number of carbonyl (C=O) groups is 1. The molecule has 2 aromatic carbocycles. The summed E-state index contributed by atoms with van der Waals surface area (Å²) in [7, 11) is 1.67. The van der Waals surface area contributed by atoms with Gasteiger partial charge in [-0.1, -0.05) is 40.2 Å². The zero-order valence-corrected chi connectivity index (χ0v) is 15.5. The molecule has 0 unspecified atom stereocenters. The number of hydrogen-bond acceptors (Lipinski definition) is 3. The first-order valence-corrected chi connectivity index (χ1v) is 8.59. The molecule has 1 amide bonds. The van der Waals surface area contributed by atoms with E-state index in [-0.39, 0.29) is 5.91 Å². The summed E-state index contributed by atoms with van der Waals surface area (Å²) in [5, 5.41) is 3.98. The zero-order chi connectivity index (χ0) is 17.4. The van der Waals surface area contributed by atoms with Crippen LogP contribution in [0, 0.1) is 6.92 Å². The third-order valence-corrected chi connectivity index (χ3v) is 4.13. The number of hydrogen-bond donors (Lipinski definition) is 1. The van der Waals surface area contributed by atoms with Gasteiger partial charge < -0.3 is 4.74 Å². The van der Waals surface area contributed by atoms with Gasteiger partial charge in [0.2, 0.25) is 5.91 Å². The molecule has 0 atom stereocenters. The largest absolute Gasteiger partial charge is 0.496 e. The lowest BCUT2D eigenvalue weighted by Crippen LogP contribution is -2.17. The van der Waals surface area contributed by atoms with Crippen molar-refractivity contribution in [3.05, 3.63) is 63.6 Å². The molecule has 5 heteroatoms. The molecular weight excluding hydrogens is 368 g/mol. The Morgan fingerprint density at radius 1 is 1.25 bits per heavy atom. The molecule has 0 spiro atoms. The van der Waals surface area contributed by atoms with Crippen LogP contribution in [0.5, 0.6) is 5.75 Å². The van der Waals surface area contributed by atoms with Crippen molar-refractivity contribution >= 4 is 28.1 Å². The van der Waals surface area contributed by atoms with Crippen LogP contribution in [-0.4, -0.2) is 19.2 Å². The predicted molar refractivity (Wildman–Crippen MR) is 101 cm³/mol. The highest BCUT2D eigenvalue weighted by atomic mass is 79.9. The van der Waals surface area contributed by atoms with Crippen molar-refractivity contribution in [1.82, 2.24) is 5.43 Å². The van der Waals surface area contributed by atoms with Crippen LogP contribution in [0.3, 0.4) is 0 Å². The molecule has 0 aliphatic heterocycles. The number of halogens is 1. The Bertz CT molecular complexity index is 712. The Morgan fingerprint density at radius 3 is 2.67 bits per heavy atom. The highest BCUT2D eigenvalue weighted by Crippen LogP contribution is 2.19. The summed E-state index contributed by atoms with van der Waals surface area (Å²) >= 11 is 3.38. The van der Waals surface area contributed by atoms with Gasteiger partial charge in [-0.3, -0.25) is 4.79 Å². The first-order chi connectivity index (χ1) is 11.6. The van der Waals surface area contributed by atoms with Crippen molar-refractivity contribution < 1.29 is 9.53 Å². The Labute approximate surface area is 151 Å². The fourth-order valence-corrected chi connectivity index (χ4v) is 2.60. The molecule has 4 nitrogen and oxygen atoms in total. The first kappa shape index (κ1) is 18.2. The van der Waals surface area contributed by atoms with Crippen LogP contribution in [0.4, 0.5) is 0 Å². The minimum atomic E-state index is -0.0754. The normalized spacial score (nSPS) is 10.8. The van der Waals surface area contributed by atoms with Crippen LogP contribution in [0.25, 0.3) is 0 Å². The zero-order valence-electron chi connectivity index (χ0n) is 13.9. The molecule has 0 saturated heterocycles. The van der Waals surface area contributed by atoms with E-state index in [1.165, 1.54) is 5.56 Å². The summed E-state index contributed by atoms with van der Waals surface area (Å²) in [6.07, 6.45) is 3.72. The van der Waals surface area contributed by atoms with Crippen LogP contribution in [0.1, 0.15) is 29.5 Å². The maximum Gasteiger partial charge on any atom is 0.240 e. The van der Waals surface area contributed by atoms with Gasteiger partial charge in [0.05, 0.1) is 13.3 Å². The van der Waals surface area contributed by atoms with Gasteiger partial charge in [-0.2, -0.15) is 5.10 Å². The Hall–Kier alpha value is -2.14. The van der Waals surface area contributed by atoms with Crippen LogP contribution in [-0.2, 0) is 11.2 Å². The van der Waals surface area contributed by atoms with Crippen molar-refractivity contribution in [1.29, 1.82) is 0 Å². The number of carbonyl (C=O) groups excluding carboxylic acids is 1. The summed E-state index contributed by atoms with van der Waals surface area (Å²) in [6.45, 7) is 2.02. The highest BCUT2D eigenvalue weighted by molar-refractivity contribution is 9.10. The van der Waals surface area contributed by atoms with E-state index >= 15 is 0 Å². The van der Waals surface area contributed by atoms with Crippen molar-refractivity contribution in [3.8, 4) is 5.75 Å². The molecular formula is C19H21BrN2O2. The molecule has 0 saturated carbocycles. The average molecular weight is 389 g/mol. The van der Waals surface area contributed by atoms with E-state index in [2.05, 4.69) is 32.5 Å². The molecule has 0 aromatic heterocycles. The van der Waals surface area contributed by atoms with Gasteiger partial charge >= 0.3 is 0 Å². The smallest absolute Gasteiger partial charge is 0.240 e. The fraction of sp³-hybridized carbons (Fsp3) is 0.263. The summed E-state index contributed by atoms with van der Waals surface area (Å²) in [5.74, 6) is 0.812. The molecule has 2 aromatic rings. The third kappa shape index (κ3) is 5.81. The summed E-state index contributed by atoms with van der Waals surface area (Å²) in [5.41, 5.74) is 5.82. The summed E-state index contributed by atoms with van der Waals surface area (Å²) < 4.78 is 6.26. The van der Waals surface area contributed by atoms with E-state index in [0.717, 1.165) is 34.2 Å². The second-order valence-corrected chi connectivity index (χ2v) is 6.42. The van der Waals surface area contributed by atoms with E-state index in [1.807, 2.05) is 43.3 Å². The van der Waals surface area contributed by atoms with Gasteiger partial charge in [-0.15, -0.1) is 0 Å². The number of ether oxygens (including phenoxy) is 1. The van der Waals surface area contributed by atoms with E-state index in [4.69, 9.17) is 4.74 Å². The standard InChI is InChI=1S/C19H21BrN2O2/c1-14-12-15(8-11-18(14)24-2)4-3-5-19(23)22-21-13-16-6-9-17(20)10-7-16/h6-13H,3-5H2,1-2H3,(H,22,23)/b21-13+. The number of amides is 1. The van der Waals surface area contributed by atoms with Gasteiger partial charge in [0.15, 0.2) is 0 Å². The topological polar surface area (TPSA) is 50.7 Å². The molecule has 1 N–H and O–H groups in total. The molecule has 126 valence electrons. The van der Waals surface area contributed by atoms with Crippen LogP contribution >= 0.6 is 15.9 Å².